The van der Waals surface area contributed by atoms with Gasteiger partial charge >= 0.3 is 6.18 Å². The Labute approximate surface area is 240 Å². The molecule has 10 nitrogen and oxygen atoms in total. The van der Waals surface area contributed by atoms with Gasteiger partial charge in [0.1, 0.15) is 22.3 Å². The number of amides is 1. The lowest BCUT2D eigenvalue weighted by Gasteiger charge is -2.11. The average Bonchev–Trinajstić information content (AvgIpc) is 3.29. The maximum absolute atomic E-state index is 14.1. The van der Waals surface area contributed by atoms with E-state index in [1.165, 1.54) is 25.3 Å². The first-order valence-electron chi connectivity index (χ1n) is 12.1. The summed E-state index contributed by atoms with van der Waals surface area (Å²) < 4.78 is 53.5. The number of nitrogens with one attached hydrogen (secondary N) is 1. The van der Waals surface area contributed by atoms with E-state index in [1.54, 1.807) is 36.4 Å². The minimum Gasteiger partial charge on any atom is -0.497 e. The van der Waals surface area contributed by atoms with Crippen molar-refractivity contribution >= 4 is 34.5 Å². The molecule has 1 N–H and O–H groups in total. The highest BCUT2D eigenvalue weighted by Crippen LogP contribution is 2.36. The first-order valence-corrected chi connectivity index (χ1v) is 12.5. The molecule has 5 aromatic rings. The van der Waals surface area contributed by atoms with Crippen LogP contribution in [0.3, 0.4) is 0 Å². The number of halogens is 4. The molecule has 2 heterocycles. The van der Waals surface area contributed by atoms with E-state index in [4.69, 9.17) is 21.1 Å². The Morgan fingerprint density at radius 2 is 1.76 bits per heavy atom. The molecule has 0 spiro atoms. The number of hydrogen-bond donors (Lipinski definition) is 1. The second-order valence-corrected chi connectivity index (χ2v) is 9.37. The minimum atomic E-state index is -4.89. The van der Waals surface area contributed by atoms with Gasteiger partial charge in [-0.25, -0.2) is 9.50 Å². The molecule has 0 aliphatic carbocycles. The van der Waals surface area contributed by atoms with Crippen LogP contribution in [0.15, 0.2) is 72.8 Å². The second kappa shape index (κ2) is 11.0. The number of anilines is 1. The molecule has 0 radical (unpaired) electrons. The van der Waals surface area contributed by atoms with Gasteiger partial charge < -0.3 is 14.8 Å². The fourth-order valence-electron chi connectivity index (χ4n) is 4.02. The zero-order chi connectivity index (χ0) is 30.2. The summed E-state index contributed by atoms with van der Waals surface area (Å²) in [7, 11) is 1.41. The summed E-state index contributed by atoms with van der Waals surface area (Å²) in [5.41, 5.74) is -1.51. The number of carbonyl (C=O) groups excluding carboxylic acids is 1. The molecule has 1 amide bonds. The van der Waals surface area contributed by atoms with E-state index in [0.717, 1.165) is 23.8 Å². The number of non-ortho nitro benzene ring substituents is 1. The summed E-state index contributed by atoms with van der Waals surface area (Å²) in [5.74, 6) is -0.207. The summed E-state index contributed by atoms with van der Waals surface area (Å²) in [5, 5.41) is 17.3. The van der Waals surface area contributed by atoms with Gasteiger partial charge in [-0.3, -0.25) is 14.9 Å². The Morgan fingerprint density at radius 1 is 1.02 bits per heavy atom. The largest absolute Gasteiger partial charge is 0.497 e. The van der Waals surface area contributed by atoms with Gasteiger partial charge in [0.25, 0.3) is 11.6 Å². The zero-order valence-corrected chi connectivity index (χ0v) is 22.5. The number of fused-ring (bicyclic) bond motifs is 1. The maximum atomic E-state index is 14.1. The highest BCUT2D eigenvalue weighted by Gasteiger charge is 2.37. The monoisotopic (exact) mass is 597 g/mol. The highest BCUT2D eigenvalue weighted by molar-refractivity contribution is 6.37. The van der Waals surface area contributed by atoms with Gasteiger partial charge in [0, 0.05) is 17.7 Å². The Balaban J connectivity index is 1.54. The highest BCUT2D eigenvalue weighted by atomic mass is 35.5. The van der Waals surface area contributed by atoms with Gasteiger partial charge in [-0.15, -0.1) is 0 Å². The van der Waals surface area contributed by atoms with E-state index in [-0.39, 0.29) is 17.1 Å². The van der Waals surface area contributed by atoms with Crippen LogP contribution in [-0.4, -0.2) is 32.5 Å². The standard InChI is InChI=1S/C28H19ClF3N5O5/c1-15-6-8-19(9-7-15)42-21-12-17(11-18(13-21)37(39)40)33-27(38)25-24(29)26-34-22(16-4-3-5-20(10-16)41-2)14-23(28(30,31)32)36(26)35-25/h3-14H,1-2H3,(H,33,38). The molecule has 0 saturated heterocycles. The predicted octanol–water partition coefficient (Wildman–Crippen LogP) is 7.34. The molecule has 3 aromatic carbocycles. The van der Waals surface area contributed by atoms with Crippen molar-refractivity contribution in [3.8, 4) is 28.5 Å². The zero-order valence-electron chi connectivity index (χ0n) is 21.8. The summed E-state index contributed by atoms with van der Waals surface area (Å²) in [6.45, 7) is 1.88. The molecule has 42 heavy (non-hydrogen) atoms. The lowest BCUT2D eigenvalue weighted by Crippen LogP contribution is -2.16. The number of hydrogen-bond acceptors (Lipinski definition) is 7. The Morgan fingerprint density at radius 3 is 2.43 bits per heavy atom. The number of alkyl halides is 3. The summed E-state index contributed by atoms with van der Waals surface area (Å²) in [6.07, 6.45) is -4.89. The summed E-state index contributed by atoms with van der Waals surface area (Å²) in [6, 6.07) is 17.4. The molecule has 0 atom stereocenters. The molecule has 2 aromatic heterocycles. The van der Waals surface area contributed by atoms with Crippen LogP contribution >= 0.6 is 11.6 Å². The second-order valence-electron chi connectivity index (χ2n) is 9.00. The van der Waals surface area contributed by atoms with Crippen molar-refractivity contribution in [2.45, 2.75) is 13.1 Å². The van der Waals surface area contributed by atoms with Crippen molar-refractivity contribution in [2.24, 2.45) is 0 Å². The van der Waals surface area contributed by atoms with Gasteiger partial charge in [0.05, 0.1) is 29.5 Å². The molecule has 14 heteroatoms. The van der Waals surface area contributed by atoms with Crippen LogP contribution in [0, 0.1) is 17.0 Å². The third-order valence-corrected chi connectivity index (χ3v) is 6.37. The van der Waals surface area contributed by atoms with Crippen LogP contribution in [0.25, 0.3) is 16.9 Å². The number of nitrogens with zero attached hydrogens (tertiary/aromatic N) is 4. The number of nitro benzene ring substituents is 1. The van der Waals surface area contributed by atoms with Gasteiger partial charge in [-0.2, -0.15) is 18.3 Å². The van der Waals surface area contributed by atoms with Crippen LogP contribution in [0.2, 0.25) is 5.02 Å². The first kappa shape index (κ1) is 28.4. The maximum Gasteiger partial charge on any atom is 0.433 e. The molecule has 0 bridgehead atoms. The van der Waals surface area contributed by atoms with Crippen molar-refractivity contribution in [3.05, 3.63) is 105 Å². The smallest absolute Gasteiger partial charge is 0.433 e. The van der Waals surface area contributed by atoms with Crippen molar-refractivity contribution in [3.63, 3.8) is 0 Å². The molecule has 0 unspecified atom stereocenters. The normalized spacial score (nSPS) is 11.4. The van der Waals surface area contributed by atoms with Crippen LogP contribution < -0.4 is 14.8 Å². The lowest BCUT2D eigenvalue weighted by molar-refractivity contribution is -0.384. The van der Waals surface area contributed by atoms with Crippen molar-refractivity contribution in [1.82, 2.24) is 14.6 Å². The van der Waals surface area contributed by atoms with Gasteiger partial charge in [0.2, 0.25) is 0 Å². The third-order valence-electron chi connectivity index (χ3n) is 6.02. The van der Waals surface area contributed by atoms with E-state index in [0.29, 0.717) is 21.6 Å². The van der Waals surface area contributed by atoms with Gasteiger partial charge in [0.15, 0.2) is 17.0 Å². The number of carbonyl (C=O) groups is 1. The number of nitro groups is 1. The van der Waals surface area contributed by atoms with Crippen LogP contribution in [0.5, 0.6) is 17.2 Å². The number of ether oxygens (including phenoxy) is 2. The molecule has 0 saturated carbocycles. The quantitative estimate of drug-likeness (QED) is 0.154. The molecule has 0 aliphatic rings. The molecular formula is C28H19ClF3N5O5. The number of benzene rings is 3. The molecular weight excluding hydrogens is 579 g/mol. The Bertz CT molecular complexity index is 1840. The van der Waals surface area contributed by atoms with E-state index in [9.17, 15) is 28.1 Å². The molecule has 0 fully saturated rings. The van der Waals surface area contributed by atoms with Crippen LogP contribution in [0.4, 0.5) is 24.5 Å². The molecule has 0 aliphatic heterocycles. The fourth-order valence-corrected chi connectivity index (χ4v) is 4.27. The SMILES string of the molecule is COc1cccc(-c2cc(C(F)(F)F)n3nc(C(=O)Nc4cc(Oc5ccc(C)cc5)cc([N+](=O)[O-])c4)c(Cl)c3n2)c1. The Kier molecular flexibility index (Phi) is 7.44. The van der Waals surface area contributed by atoms with E-state index in [1.807, 2.05) is 6.92 Å². The lowest BCUT2D eigenvalue weighted by atomic mass is 10.1. The van der Waals surface area contributed by atoms with E-state index < -0.39 is 44.8 Å². The number of aromatic nitrogens is 3. The van der Waals surface area contributed by atoms with Crippen molar-refractivity contribution < 1.29 is 32.4 Å². The van der Waals surface area contributed by atoms with E-state index >= 15 is 0 Å². The fraction of sp³-hybridized carbons (Fsp3) is 0.107. The van der Waals surface area contributed by atoms with E-state index in [2.05, 4.69) is 15.4 Å². The molecule has 214 valence electrons. The number of rotatable bonds is 7. The molecule has 5 rings (SSSR count). The average molecular weight is 598 g/mol. The first-order chi connectivity index (χ1) is 19.9. The third kappa shape index (κ3) is 5.81. The van der Waals surface area contributed by atoms with Gasteiger partial charge in [-0.05, 0) is 37.3 Å². The topological polar surface area (TPSA) is 121 Å². The van der Waals surface area contributed by atoms with Crippen LogP contribution in [-0.2, 0) is 6.18 Å². The summed E-state index contributed by atoms with van der Waals surface area (Å²) >= 11 is 6.36. The van der Waals surface area contributed by atoms with Crippen molar-refractivity contribution in [2.75, 3.05) is 12.4 Å². The Hall–Kier alpha value is -5.17. The predicted molar refractivity (Wildman–Crippen MR) is 147 cm³/mol. The minimum absolute atomic E-state index is 0.0356. The van der Waals surface area contributed by atoms with Gasteiger partial charge in [-0.1, -0.05) is 41.4 Å². The number of methoxy groups -OCH3 is 1. The number of aryl methyl sites for hydroxylation is 1. The van der Waals surface area contributed by atoms with Crippen LogP contribution in [0.1, 0.15) is 21.7 Å². The summed E-state index contributed by atoms with van der Waals surface area (Å²) in [4.78, 5) is 28.3. The van der Waals surface area contributed by atoms with Crippen molar-refractivity contribution in [1.29, 1.82) is 0 Å².